The number of hydrogen-bond acceptors (Lipinski definition) is 1. The van der Waals surface area contributed by atoms with Crippen LogP contribution in [0.15, 0.2) is 16.6 Å². The molecular weight excluding hydrogens is 292 g/mol. The minimum atomic E-state index is -0.672. The molecule has 0 aromatic heterocycles. The lowest BCUT2D eigenvalue weighted by Gasteiger charge is -2.33. The second-order valence-electron chi connectivity index (χ2n) is 4.27. The number of rotatable bonds is 3. The van der Waals surface area contributed by atoms with Crippen molar-refractivity contribution in [2.24, 2.45) is 11.7 Å². The summed E-state index contributed by atoms with van der Waals surface area (Å²) in [6, 6.07) is 3.44. The summed E-state index contributed by atoms with van der Waals surface area (Å²) in [7, 11) is 0. The first-order chi connectivity index (χ1) is 7.34. The zero-order valence-corrected chi connectivity index (χ0v) is 12.0. The van der Waals surface area contributed by atoms with Crippen LogP contribution in [0, 0.1) is 11.7 Å². The van der Waals surface area contributed by atoms with Crippen molar-refractivity contribution < 1.29 is 4.39 Å². The third-order valence-corrected chi connectivity index (χ3v) is 4.41. The van der Waals surface area contributed by atoms with E-state index in [-0.39, 0.29) is 10.9 Å². The minimum absolute atomic E-state index is 0.0985. The molecule has 0 amide bonds. The molecule has 1 aromatic carbocycles. The van der Waals surface area contributed by atoms with Crippen LogP contribution in [-0.2, 0) is 5.54 Å². The monoisotopic (exact) mass is 307 g/mol. The summed E-state index contributed by atoms with van der Waals surface area (Å²) in [5.74, 6) is -0.279. The summed E-state index contributed by atoms with van der Waals surface area (Å²) in [5, 5.41) is 0.0985. The maximum Gasteiger partial charge on any atom is 0.147 e. The fraction of sp³-hybridized carbons (Fsp3) is 0.500. The average Bonchev–Trinajstić information content (AvgIpc) is 2.25. The van der Waals surface area contributed by atoms with Crippen molar-refractivity contribution in [2.45, 2.75) is 32.7 Å². The van der Waals surface area contributed by atoms with E-state index in [4.69, 9.17) is 17.3 Å². The molecular formula is C12H16BrClFN. The van der Waals surface area contributed by atoms with E-state index in [1.165, 1.54) is 0 Å². The molecule has 1 rings (SSSR count). The zero-order chi connectivity index (χ0) is 12.5. The molecule has 90 valence electrons. The molecule has 0 saturated heterocycles. The summed E-state index contributed by atoms with van der Waals surface area (Å²) in [4.78, 5) is 0. The maximum absolute atomic E-state index is 14.1. The molecule has 0 heterocycles. The Kier molecular flexibility index (Phi) is 4.38. The van der Waals surface area contributed by atoms with E-state index in [1.807, 2.05) is 20.8 Å². The van der Waals surface area contributed by atoms with Gasteiger partial charge in [0, 0.05) is 15.6 Å². The van der Waals surface area contributed by atoms with Gasteiger partial charge in [0.05, 0.1) is 5.02 Å². The lowest BCUT2D eigenvalue weighted by Crippen LogP contribution is -2.42. The largest absolute Gasteiger partial charge is 0.321 e. The Labute approximate surface area is 109 Å². The molecule has 0 saturated carbocycles. The predicted octanol–water partition coefficient (Wildman–Crippen LogP) is 4.46. The van der Waals surface area contributed by atoms with E-state index < -0.39 is 11.4 Å². The fourth-order valence-electron chi connectivity index (χ4n) is 1.80. The van der Waals surface area contributed by atoms with Gasteiger partial charge in [0.15, 0.2) is 0 Å². The van der Waals surface area contributed by atoms with Crippen molar-refractivity contribution >= 4 is 27.5 Å². The summed E-state index contributed by atoms with van der Waals surface area (Å²) in [6.07, 6.45) is 0.666. The van der Waals surface area contributed by atoms with Gasteiger partial charge >= 0.3 is 0 Å². The van der Waals surface area contributed by atoms with Gasteiger partial charge in [-0.15, -0.1) is 0 Å². The molecule has 0 fully saturated rings. The highest BCUT2D eigenvalue weighted by Crippen LogP contribution is 2.36. The van der Waals surface area contributed by atoms with Crippen LogP contribution in [-0.4, -0.2) is 0 Å². The van der Waals surface area contributed by atoms with Gasteiger partial charge in [0.25, 0.3) is 0 Å². The Bertz CT molecular complexity index is 395. The summed E-state index contributed by atoms with van der Waals surface area (Å²) >= 11 is 9.07. The number of nitrogens with two attached hydrogens (primary N) is 1. The fourth-order valence-corrected chi connectivity index (χ4v) is 2.27. The third kappa shape index (κ3) is 2.27. The standard InChI is InChI=1S/C12H16BrClFN/c1-4-12(16,7(2)3)8-5-6-9(13)10(14)11(8)15/h5-7H,4,16H2,1-3H3. The Morgan fingerprint density at radius 3 is 2.50 bits per heavy atom. The lowest BCUT2D eigenvalue weighted by molar-refractivity contribution is 0.295. The highest BCUT2D eigenvalue weighted by Gasteiger charge is 2.32. The molecule has 0 aliphatic carbocycles. The quantitative estimate of drug-likeness (QED) is 0.820. The second kappa shape index (κ2) is 5.03. The molecule has 16 heavy (non-hydrogen) atoms. The van der Waals surface area contributed by atoms with E-state index in [0.29, 0.717) is 16.5 Å². The average molecular weight is 309 g/mol. The van der Waals surface area contributed by atoms with Gasteiger partial charge in [-0.1, -0.05) is 38.4 Å². The molecule has 1 nitrogen and oxygen atoms in total. The van der Waals surface area contributed by atoms with Crippen LogP contribution in [0.3, 0.4) is 0 Å². The van der Waals surface area contributed by atoms with E-state index in [2.05, 4.69) is 15.9 Å². The summed E-state index contributed by atoms with van der Waals surface area (Å²) in [5.41, 5.74) is 6.08. The van der Waals surface area contributed by atoms with E-state index in [0.717, 1.165) is 0 Å². The van der Waals surface area contributed by atoms with Gasteiger partial charge in [0.2, 0.25) is 0 Å². The van der Waals surface area contributed by atoms with E-state index >= 15 is 0 Å². The number of benzene rings is 1. The van der Waals surface area contributed by atoms with Crippen LogP contribution in [0.4, 0.5) is 4.39 Å². The van der Waals surface area contributed by atoms with Gasteiger partial charge in [-0.2, -0.15) is 0 Å². The van der Waals surface area contributed by atoms with Gasteiger partial charge in [0.1, 0.15) is 5.82 Å². The number of hydrogen-bond donors (Lipinski definition) is 1. The second-order valence-corrected chi connectivity index (χ2v) is 5.50. The molecule has 0 radical (unpaired) electrons. The van der Waals surface area contributed by atoms with Gasteiger partial charge in [-0.3, -0.25) is 0 Å². The zero-order valence-electron chi connectivity index (χ0n) is 9.65. The van der Waals surface area contributed by atoms with Crippen molar-refractivity contribution in [1.29, 1.82) is 0 Å². The van der Waals surface area contributed by atoms with E-state index in [9.17, 15) is 4.39 Å². The molecule has 2 N–H and O–H groups in total. The van der Waals surface area contributed by atoms with E-state index in [1.54, 1.807) is 12.1 Å². The van der Waals surface area contributed by atoms with Crippen LogP contribution >= 0.6 is 27.5 Å². The highest BCUT2D eigenvalue weighted by molar-refractivity contribution is 9.10. The summed E-state index contributed by atoms with van der Waals surface area (Å²) in [6.45, 7) is 5.92. The third-order valence-electron chi connectivity index (χ3n) is 3.15. The Balaban J connectivity index is 3.38. The van der Waals surface area contributed by atoms with Crippen LogP contribution < -0.4 is 5.73 Å². The Morgan fingerprint density at radius 1 is 1.50 bits per heavy atom. The molecule has 1 atom stereocenters. The molecule has 0 bridgehead atoms. The van der Waals surface area contributed by atoms with Crippen molar-refractivity contribution in [3.63, 3.8) is 0 Å². The Morgan fingerprint density at radius 2 is 2.06 bits per heavy atom. The van der Waals surface area contributed by atoms with Crippen molar-refractivity contribution in [3.05, 3.63) is 33.0 Å². The minimum Gasteiger partial charge on any atom is -0.321 e. The molecule has 4 heteroatoms. The van der Waals surface area contributed by atoms with Crippen molar-refractivity contribution in [3.8, 4) is 0 Å². The predicted molar refractivity (Wildman–Crippen MR) is 70.1 cm³/mol. The van der Waals surface area contributed by atoms with Gasteiger partial charge in [-0.25, -0.2) is 4.39 Å². The molecule has 0 spiro atoms. The first-order valence-corrected chi connectivity index (χ1v) is 6.44. The molecule has 0 aliphatic rings. The van der Waals surface area contributed by atoms with Crippen LogP contribution in [0.5, 0.6) is 0 Å². The first kappa shape index (κ1) is 13.9. The van der Waals surface area contributed by atoms with Crippen molar-refractivity contribution in [1.82, 2.24) is 0 Å². The van der Waals surface area contributed by atoms with Crippen LogP contribution in [0.1, 0.15) is 32.8 Å². The highest BCUT2D eigenvalue weighted by atomic mass is 79.9. The summed E-state index contributed by atoms with van der Waals surface area (Å²) < 4.78 is 14.6. The number of halogens is 3. The normalized spacial score (nSPS) is 15.2. The SMILES string of the molecule is CCC(N)(c1ccc(Br)c(Cl)c1F)C(C)C. The molecule has 1 aromatic rings. The van der Waals surface area contributed by atoms with Gasteiger partial charge < -0.3 is 5.73 Å². The maximum atomic E-state index is 14.1. The van der Waals surface area contributed by atoms with Crippen LogP contribution in [0.25, 0.3) is 0 Å². The van der Waals surface area contributed by atoms with Crippen molar-refractivity contribution in [2.75, 3.05) is 0 Å². The first-order valence-electron chi connectivity index (χ1n) is 5.27. The van der Waals surface area contributed by atoms with Gasteiger partial charge in [-0.05, 0) is 34.3 Å². The molecule has 0 aliphatic heterocycles. The molecule has 1 unspecified atom stereocenters. The Hall–Kier alpha value is -0.120. The lowest BCUT2D eigenvalue weighted by atomic mass is 9.78. The topological polar surface area (TPSA) is 26.0 Å². The van der Waals surface area contributed by atoms with Crippen LogP contribution in [0.2, 0.25) is 5.02 Å². The smallest absolute Gasteiger partial charge is 0.147 e.